The third-order valence-corrected chi connectivity index (χ3v) is 4.22. The van der Waals surface area contributed by atoms with E-state index in [1.165, 1.54) is 0 Å². The van der Waals surface area contributed by atoms with Crippen LogP contribution in [0.1, 0.15) is 32.6 Å². The quantitative estimate of drug-likeness (QED) is 0.406. The highest BCUT2D eigenvalue weighted by Crippen LogP contribution is 2.08. The fourth-order valence-corrected chi connectivity index (χ4v) is 2.01. The van der Waals surface area contributed by atoms with Crippen LogP contribution in [-0.2, 0) is 9.53 Å². The van der Waals surface area contributed by atoms with Gasteiger partial charge in [0.25, 0.3) is 0 Å². The van der Waals surface area contributed by atoms with Crippen LogP contribution in [0.25, 0.3) is 0 Å². The van der Waals surface area contributed by atoms with E-state index in [0.717, 1.165) is 31.7 Å². The molecule has 4 heteroatoms. The van der Waals surface area contributed by atoms with E-state index < -0.39 is 14.1 Å². The van der Waals surface area contributed by atoms with Crippen LogP contribution in [0.3, 0.4) is 0 Å². The Bertz CT molecular complexity index is 202. The van der Waals surface area contributed by atoms with Gasteiger partial charge in [-0.25, -0.2) is 0 Å². The lowest BCUT2D eigenvalue weighted by Crippen LogP contribution is -2.33. The van der Waals surface area contributed by atoms with E-state index in [1.54, 1.807) is 0 Å². The molecule has 0 aromatic rings. The third-order valence-electron chi connectivity index (χ3n) is 2.52. The predicted molar refractivity (Wildman–Crippen MR) is 71.2 cm³/mol. The summed E-state index contributed by atoms with van der Waals surface area (Å²) in [5.74, 6) is -0.227. The largest absolute Gasteiger partial charge is 0.465 e. The Labute approximate surface area is 101 Å². The SMILES string of the molecule is CCCCCC(N)C(=O)OCC[Si](C)(C)C. The second kappa shape index (κ2) is 7.85. The average Bonchev–Trinajstić information content (AvgIpc) is 2.15. The van der Waals surface area contributed by atoms with Gasteiger partial charge >= 0.3 is 5.97 Å². The van der Waals surface area contributed by atoms with Gasteiger partial charge in [-0.3, -0.25) is 4.79 Å². The molecule has 3 nitrogen and oxygen atoms in total. The maximum absolute atomic E-state index is 11.5. The van der Waals surface area contributed by atoms with Crippen LogP contribution < -0.4 is 5.73 Å². The molecule has 0 rings (SSSR count). The van der Waals surface area contributed by atoms with Crippen LogP contribution in [0.2, 0.25) is 25.7 Å². The van der Waals surface area contributed by atoms with Crippen molar-refractivity contribution in [3.8, 4) is 0 Å². The van der Waals surface area contributed by atoms with E-state index in [0.29, 0.717) is 6.61 Å². The number of hydrogen-bond acceptors (Lipinski definition) is 3. The highest BCUT2D eigenvalue weighted by atomic mass is 28.3. The second-order valence-corrected chi connectivity index (χ2v) is 11.2. The molecule has 0 fully saturated rings. The Hall–Kier alpha value is -0.353. The van der Waals surface area contributed by atoms with Gasteiger partial charge in [-0.1, -0.05) is 45.8 Å². The Morgan fingerprint density at radius 1 is 1.31 bits per heavy atom. The van der Waals surface area contributed by atoms with Crippen molar-refractivity contribution < 1.29 is 9.53 Å². The highest BCUT2D eigenvalue weighted by Gasteiger charge is 2.17. The molecular formula is C12H27NO2Si. The molecule has 0 aliphatic carbocycles. The summed E-state index contributed by atoms with van der Waals surface area (Å²) in [4.78, 5) is 11.5. The molecule has 0 heterocycles. The number of hydrogen-bond donors (Lipinski definition) is 1. The van der Waals surface area contributed by atoms with Crippen molar-refractivity contribution >= 4 is 14.0 Å². The third kappa shape index (κ3) is 8.92. The first kappa shape index (κ1) is 15.6. The monoisotopic (exact) mass is 245 g/mol. The zero-order chi connectivity index (χ0) is 12.6. The summed E-state index contributed by atoms with van der Waals surface area (Å²) in [6.07, 6.45) is 4.05. The summed E-state index contributed by atoms with van der Waals surface area (Å²) in [6, 6.07) is 0.591. The van der Waals surface area contributed by atoms with Gasteiger partial charge < -0.3 is 10.5 Å². The molecule has 0 spiro atoms. The number of esters is 1. The number of unbranched alkanes of at least 4 members (excludes halogenated alkanes) is 2. The first-order chi connectivity index (χ1) is 7.37. The molecule has 0 aliphatic rings. The molecule has 0 radical (unpaired) electrons. The Kier molecular flexibility index (Phi) is 7.67. The van der Waals surface area contributed by atoms with E-state index in [1.807, 2.05) is 0 Å². The zero-order valence-electron chi connectivity index (χ0n) is 11.2. The highest BCUT2D eigenvalue weighted by molar-refractivity contribution is 6.76. The molecule has 16 heavy (non-hydrogen) atoms. The lowest BCUT2D eigenvalue weighted by Gasteiger charge is -2.16. The molecular weight excluding hydrogens is 218 g/mol. The van der Waals surface area contributed by atoms with Gasteiger partial charge in [-0.2, -0.15) is 0 Å². The number of carbonyl (C=O) groups excluding carboxylic acids is 1. The van der Waals surface area contributed by atoms with Crippen molar-refractivity contribution in [2.24, 2.45) is 5.73 Å². The zero-order valence-corrected chi connectivity index (χ0v) is 12.2. The molecule has 1 atom stereocenters. The number of rotatable bonds is 8. The number of ether oxygens (including phenoxy) is 1. The van der Waals surface area contributed by atoms with Crippen molar-refractivity contribution in [2.45, 2.75) is 64.3 Å². The van der Waals surface area contributed by atoms with Crippen LogP contribution in [0, 0.1) is 0 Å². The van der Waals surface area contributed by atoms with Gasteiger partial charge in [-0.15, -0.1) is 0 Å². The summed E-state index contributed by atoms with van der Waals surface area (Å²) < 4.78 is 5.18. The fraction of sp³-hybridized carbons (Fsp3) is 0.917. The Morgan fingerprint density at radius 3 is 2.44 bits per heavy atom. The van der Waals surface area contributed by atoms with Crippen LogP contribution >= 0.6 is 0 Å². The fourth-order valence-electron chi connectivity index (χ4n) is 1.30. The predicted octanol–water partition coefficient (Wildman–Crippen LogP) is 2.78. The minimum absolute atomic E-state index is 0.227. The topological polar surface area (TPSA) is 52.3 Å². The lowest BCUT2D eigenvalue weighted by atomic mass is 10.1. The molecule has 0 aromatic heterocycles. The molecule has 0 aromatic carbocycles. The van der Waals surface area contributed by atoms with Crippen molar-refractivity contribution in [2.75, 3.05) is 6.61 Å². The molecule has 0 saturated heterocycles. The maximum Gasteiger partial charge on any atom is 0.322 e. The normalized spacial score (nSPS) is 13.6. The minimum Gasteiger partial charge on any atom is -0.465 e. The van der Waals surface area contributed by atoms with Crippen LogP contribution in [0.4, 0.5) is 0 Å². The van der Waals surface area contributed by atoms with Crippen LogP contribution in [0.5, 0.6) is 0 Å². The van der Waals surface area contributed by atoms with Crippen molar-refractivity contribution in [1.29, 1.82) is 0 Å². The molecule has 0 amide bonds. The first-order valence-corrected chi connectivity index (χ1v) is 9.99. The van der Waals surface area contributed by atoms with Gasteiger partial charge in [-0.05, 0) is 12.5 Å². The minimum atomic E-state index is -1.11. The molecule has 0 saturated carbocycles. The summed E-state index contributed by atoms with van der Waals surface area (Å²) in [7, 11) is -1.11. The van der Waals surface area contributed by atoms with Crippen molar-refractivity contribution in [3.05, 3.63) is 0 Å². The molecule has 0 aliphatic heterocycles. The molecule has 2 N–H and O–H groups in total. The average molecular weight is 245 g/mol. The molecule has 96 valence electrons. The van der Waals surface area contributed by atoms with Crippen LogP contribution in [0.15, 0.2) is 0 Å². The van der Waals surface area contributed by atoms with Gasteiger partial charge in [0.2, 0.25) is 0 Å². The number of nitrogens with two attached hydrogens (primary N) is 1. The van der Waals surface area contributed by atoms with Gasteiger partial charge in [0, 0.05) is 8.07 Å². The Morgan fingerprint density at radius 2 is 1.94 bits per heavy atom. The first-order valence-electron chi connectivity index (χ1n) is 6.29. The summed E-state index contributed by atoms with van der Waals surface area (Å²) in [6.45, 7) is 9.47. The standard InChI is InChI=1S/C12H27NO2Si/c1-5-6-7-8-11(13)12(14)15-9-10-16(2,3)4/h11H,5-10,13H2,1-4H3. The van der Waals surface area contributed by atoms with Gasteiger partial charge in [0.05, 0.1) is 6.61 Å². The number of carbonyl (C=O) groups is 1. The van der Waals surface area contributed by atoms with Crippen molar-refractivity contribution in [1.82, 2.24) is 0 Å². The Balaban J connectivity index is 3.63. The molecule has 1 unspecified atom stereocenters. The van der Waals surface area contributed by atoms with Crippen LogP contribution in [-0.4, -0.2) is 26.7 Å². The second-order valence-electron chi connectivity index (χ2n) is 5.58. The van der Waals surface area contributed by atoms with E-state index in [4.69, 9.17) is 10.5 Å². The van der Waals surface area contributed by atoms with Gasteiger partial charge in [0.1, 0.15) is 6.04 Å². The van der Waals surface area contributed by atoms with E-state index in [9.17, 15) is 4.79 Å². The molecule has 0 bridgehead atoms. The van der Waals surface area contributed by atoms with Gasteiger partial charge in [0.15, 0.2) is 0 Å². The summed E-state index contributed by atoms with van der Waals surface area (Å²) >= 11 is 0. The summed E-state index contributed by atoms with van der Waals surface area (Å²) in [5, 5.41) is 0. The smallest absolute Gasteiger partial charge is 0.322 e. The van der Waals surface area contributed by atoms with Crippen molar-refractivity contribution in [3.63, 3.8) is 0 Å². The van der Waals surface area contributed by atoms with E-state index >= 15 is 0 Å². The van der Waals surface area contributed by atoms with E-state index in [2.05, 4.69) is 26.6 Å². The maximum atomic E-state index is 11.5. The summed E-state index contributed by atoms with van der Waals surface area (Å²) in [5.41, 5.74) is 5.74. The lowest BCUT2D eigenvalue weighted by molar-refractivity contribution is -0.144. The van der Waals surface area contributed by atoms with E-state index in [-0.39, 0.29) is 5.97 Å².